The van der Waals surface area contributed by atoms with E-state index in [-0.39, 0.29) is 5.60 Å². The van der Waals surface area contributed by atoms with Crippen LogP contribution in [0.25, 0.3) is 0 Å². The number of anilines is 1. The minimum Gasteiger partial charge on any atom is -0.382 e. The first kappa shape index (κ1) is 10.9. The molecule has 2 rings (SSSR count). The van der Waals surface area contributed by atoms with Crippen molar-refractivity contribution in [3.8, 4) is 6.07 Å². The number of nitrogens with one attached hydrogen (secondary N) is 1. The first-order valence-corrected chi connectivity index (χ1v) is 5.43. The standard InChI is InChI=1S/C12H15N3O/c1-16-12(4-2-5-12)9-15-10-3-6-14-11(7-10)8-13/h3,6-7H,2,4-5,9H2,1H3,(H,14,15). The van der Waals surface area contributed by atoms with E-state index in [0.29, 0.717) is 5.69 Å². The van der Waals surface area contributed by atoms with Crippen LogP contribution in [0.15, 0.2) is 18.3 Å². The second-order valence-electron chi connectivity index (χ2n) is 4.14. The molecule has 0 amide bonds. The van der Waals surface area contributed by atoms with Crippen LogP contribution in [0.5, 0.6) is 0 Å². The molecule has 0 unspecified atom stereocenters. The average molecular weight is 217 g/mol. The smallest absolute Gasteiger partial charge is 0.142 e. The highest BCUT2D eigenvalue weighted by molar-refractivity contribution is 5.46. The molecule has 0 spiro atoms. The number of hydrogen-bond donors (Lipinski definition) is 1. The Bertz CT molecular complexity index is 401. The molecule has 0 atom stereocenters. The molecule has 1 fully saturated rings. The Labute approximate surface area is 95.3 Å². The van der Waals surface area contributed by atoms with Gasteiger partial charge in [0, 0.05) is 25.5 Å². The molecule has 0 saturated heterocycles. The Morgan fingerprint density at radius 1 is 1.62 bits per heavy atom. The fourth-order valence-electron chi connectivity index (χ4n) is 1.89. The molecule has 1 N–H and O–H groups in total. The van der Waals surface area contributed by atoms with Crippen molar-refractivity contribution in [2.45, 2.75) is 24.9 Å². The lowest BCUT2D eigenvalue weighted by Gasteiger charge is -2.40. The first-order chi connectivity index (χ1) is 7.78. The molecule has 1 aliphatic carbocycles. The van der Waals surface area contributed by atoms with Crippen molar-refractivity contribution in [1.29, 1.82) is 5.26 Å². The fraction of sp³-hybridized carbons (Fsp3) is 0.500. The Morgan fingerprint density at radius 2 is 2.44 bits per heavy atom. The number of ether oxygens (including phenoxy) is 1. The van der Waals surface area contributed by atoms with Gasteiger partial charge in [0.05, 0.1) is 5.60 Å². The van der Waals surface area contributed by atoms with Crippen LogP contribution < -0.4 is 5.32 Å². The van der Waals surface area contributed by atoms with E-state index in [1.54, 1.807) is 19.4 Å². The summed E-state index contributed by atoms with van der Waals surface area (Å²) in [6, 6.07) is 5.64. The largest absolute Gasteiger partial charge is 0.382 e. The molecule has 1 aromatic rings. The molecule has 1 saturated carbocycles. The van der Waals surface area contributed by atoms with Gasteiger partial charge in [-0.25, -0.2) is 4.98 Å². The topological polar surface area (TPSA) is 57.9 Å². The summed E-state index contributed by atoms with van der Waals surface area (Å²) in [6.45, 7) is 0.790. The van der Waals surface area contributed by atoms with E-state index in [0.717, 1.165) is 25.1 Å². The Balaban J connectivity index is 1.96. The summed E-state index contributed by atoms with van der Waals surface area (Å²) in [5, 5.41) is 12.0. The second-order valence-corrected chi connectivity index (χ2v) is 4.14. The zero-order valence-electron chi connectivity index (χ0n) is 9.36. The maximum Gasteiger partial charge on any atom is 0.142 e. The number of pyridine rings is 1. The predicted molar refractivity (Wildman–Crippen MR) is 61.0 cm³/mol. The highest BCUT2D eigenvalue weighted by atomic mass is 16.5. The van der Waals surface area contributed by atoms with Gasteiger partial charge >= 0.3 is 0 Å². The van der Waals surface area contributed by atoms with Gasteiger partial charge in [0.25, 0.3) is 0 Å². The summed E-state index contributed by atoms with van der Waals surface area (Å²) in [7, 11) is 1.76. The maximum atomic E-state index is 8.73. The van der Waals surface area contributed by atoms with E-state index in [9.17, 15) is 0 Å². The normalized spacial score (nSPS) is 17.2. The third kappa shape index (κ3) is 2.15. The summed E-state index contributed by atoms with van der Waals surface area (Å²) in [5.74, 6) is 0. The van der Waals surface area contributed by atoms with Crippen LogP contribution in [0.4, 0.5) is 5.69 Å². The van der Waals surface area contributed by atoms with Gasteiger partial charge in [-0.1, -0.05) is 0 Å². The highest BCUT2D eigenvalue weighted by Crippen LogP contribution is 2.35. The molecule has 1 heterocycles. The molecule has 0 aromatic carbocycles. The van der Waals surface area contributed by atoms with Crippen molar-refractivity contribution in [2.75, 3.05) is 19.0 Å². The van der Waals surface area contributed by atoms with Gasteiger partial charge in [-0.3, -0.25) is 0 Å². The van der Waals surface area contributed by atoms with Crippen molar-refractivity contribution >= 4 is 5.69 Å². The predicted octanol–water partition coefficient (Wildman–Crippen LogP) is 1.93. The molecule has 84 valence electrons. The Morgan fingerprint density at radius 3 is 3.00 bits per heavy atom. The van der Waals surface area contributed by atoms with E-state index in [2.05, 4.69) is 10.3 Å². The Hall–Kier alpha value is -1.60. The molecule has 1 aliphatic rings. The number of rotatable bonds is 4. The SMILES string of the molecule is COC1(CNc2ccnc(C#N)c2)CCC1. The van der Waals surface area contributed by atoms with Crippen molar-refractivity contribution in [3.05, 3.63) is 24.0 Å². The monoisotopic (exact) mass is 217 g/mol. The molecule has 0 aliphatic heterocycles. The van der Waals surface area contributed by atoms with E-state index >= 15 is 0 Å². The average Bonchev–Trinajstić information content (AvgIpc) is 2.29. The molecule has 4 nitrogen and oxygen atoms in total. The van der Waals surface area contributed by atoms with Gasteiger partial charge in [0.2, 0.25) is 0 Å². The summed E-state index contributed by atoms with van der Waals surface area (Å²) in [5.41, 5.74) is 1.36. The summed E-state index contributed by atoms with van der Waals surface area (Å²) >= 11 is 0. The lowest BCUT2D eigenvalue weighted by molar-refractivity contribution is -0.0601. The number of aromatic nitrogens is 1. The van der Waals surface area contributed by atoms with Gasteiger partial charge in [-0.15, -0.1) is 0 Å². The Kier molecular flexibility index (Phi) is 3.07. The second kappa shape index (κ2) is 4.50. The van der Waals surface area contributed by atoms with Gasteiger partial charge in [0.15, 0.2) is 0 Å². The van der Waals surface area contributed by atoms with E-state index in [4.69, 9.17) is 10.00 Å². The quantitative estimate of drug-likeness (QED) is 0.837. The lowest BCUT2D eigenvalue weighted by Crippen LogP contribution is -2.45. The van der Waals surface area contributed by atoms with Gasteiger partial charge in [-0.05, 0) is 31.4 Å². The minimum atomic E-state index is -0.00389. The van der Waals surface area contributed by atoms with Crippen LogP contribution in [0, 0.1) is 11.3 Å². The summed E-state index contributed by atoms with van der Waals surface area (Å²) < 4.78 is 5.51. The number of nitrogens with zero attached hydrogens (tertiary/aromatic N) is 2. The number of nitriles is 1. The van der Waals surface area contributed by atoms with Crippen molar-refractivity contribution < 1.29 is 4.74 Å². The summed E-state index contributed by atoms with van der Waals surface area (Å²) in [6.07, 6.45) is 5.08. The van der Waals surface area contributed by atoms with Gasteiger partial charge in [-0.2, -0.15) is 5.26 Å². The molecular weight excluding hydrogens is 202 g/mol. The maximum absolute atomic E-state index is 8.73. The fourth-order valence-corrected chi connectivity index (χ4v) is 1.89. The van der Waals surface area contributed by atoms with E-state index < -0.39 is 0 Å². The van der Waals surface area contributed by atoms with Crippen molar-refractivity contribution in [3.63, 3.8) is 0 Å². The van der Waals surface area contributed by atoms with E-state index in [1.165, 1.54) is 6.42 Å². The molecular formula is C12H15N3O. The number of hydrogen-bond acceptors (Lipinski definition) is 4. The molecule has 0 bridgehead atoms. The van der Waals surface area contributed by atoms with Crippen molar-refractivity contribution in [1.82, 2.24) is 4.98 Å². The van der Waals surface area contributed by atoms with Crippen LogP contribution in [-0.4, -0.2) is 24.2 Å². The van der Waals surface area contributed by atoms with E-state index in [1.807, 2.05) is 12.1 Å². The highest BCUT2D eigenvalue weighted by Gasteiger charge is 2.36. The van der Waals surface area contributed by atoms with Gasteiger partial charge in [0.1, 0.15) is 11.8 Å². The van der Waals surface area contributed by atoms with Crippen LogP contribution in [0.3, 0.4) is 0 Å². The third-order valence-electron chi connectivity index (χ3n) is 3.19. The molecule has 0 radical (unpaired) electrons. The zero-order valence-corrected chi connectivity index (χ0v) is 9.36. The molecule has 1 aromatic heterocycles. The van der Waals surface area contributed by atoms with Crippen molar-refractivity contribution in [2.24, 2.45) is 0 Å². The summed E-state index contributed by atoms with van der Waals surface area (Å²) in [4.78, 5) is 3.92. The zero-order chi connectivity index (χ0) is 11.4. The molecule has 16 heavy (non-hydrogen) atoms. The third-order valence-corrected chi connectivity index (χ3v) is 3.19. The first-order valence-electron chi connectivity index (χ1n) is 5.43. The van der Waals surface area contributed by atoms with Crippen LogP contribution in [-0.2, 0) is 4.74 Å². The minimum absolute atomic E-state index is 0.00389. The van der Waals surface area contributed by atoms with Crippen LogP contribution in [0.2, 0.25) is 0 Å². The lowest BCUT2D eigenvalue weighted by atomic mass is 9.80. The van der Waals surface area contributed by atoms with Gasteiger partial charge < -0.3 is 10.1 Å². The van der Waals surface area contributed by atoms with Crippen LogP contribution >= 0.6 is 0 Å². The van der Waals surface area contributed by atoms with Crippen LogP contribution in [0.1, 0.15) is 25.0 Å². The molecule has 4 heteroatoms. The number of methoxy groups -OCH3 is 1.